The quantitative estimate of drug-likeness (QED) is 0.709. The molecule has 0 aromatic heterocycles. The van der Waals surface area contributed by atoms with Gasteiger partial charge in [-0.2, -0.15) is 0 Å². The van der Waals surface area contributed by atoms with Gasteiger partial charge in [0.15, 0.2) is 1.41 Å². The Hall–Kier alpha value is -3.65. The summed E-state index contributed by atoms with van der Waals surface area (Å²) in [5, 5.41) is 0.518. The van der Waals surface area contributed by atoms with Crippen molar-refractivity contribution in [2.45, 2.75) is 38.5 Å². The largest absolute Gasteiger partial charge is 0.489 e. The third kappa shape index (κ3) is 4.41. The number of nitrogens with one attached hydrogen (secondary N) is 1. The third-order valence-electron chi connectivity index (χ3n) is 6.10. The Bertz CT molecular complexity index is 1270. The highest BCUT2D eigenvalue weighted by Crippen LogP contribution is 2.34. The number of rotatable bonds is 6. The van der Waals surface area contributed by atoms with Gasteiger partial charge in [0, 0.05) is 31.3 Å². The highest BCUT2D eigenvalue weighted by atomic mass is 16.5. The van der Waals surface area contributed by atoms with Crippen LogP contribution in [0.15, 0.2) is 54.7 Å². The molecule has 1 N–H and O–H groups in total. The van der Waals surface area contributed by atoms with Crippen LogP contribution in [-0.4, -0.2) is 53.3 Å². The average molecular weight is 465 g/mol. The highest BCUT2D eigenvalue weighted by molar-refractivity contribution is 6.02. The number of fused-ring (bicyclic) bond motifs is 1. The van der Waals surface area contributed by atoms with Gasteiger partial charge in [0.2, 0.25) is 11.8 Å². The Labute approximate surface area is 202 Å². The molecule has 2 aromatic carbocycles. The van der Waals surface area contributed by atoms with E-state index in [1.54, 1.807) is 23.1 Å². The molecule has 176 valence electrons. The van der Waals surface area contributed by atoms with Crippen LogP contribution in [0.1, 0.15) is 42.6 Å². The molecule has 0 bridgehead atoms. The summed E-state index contributed by atoms with van der Waals surface area (Å²) in [6.07, 6.45) is -1.32. The number of morpholine rings is 1. The van der Waals surface area contributed by atoms with Crippen LogP contribution in [0.4, 0.5) is 0 Å². The van der Waals surface area contributed by atoms with E-state index in [1.165, 1.54) is 0 Å². The van der Waals surface area contributed by atoms with Gasteiger partial charge in [0.05, 0.1) is 14.5 Å². The number of amides is 3. The second kappa shape index (κ2) is 9.30. The fourth-order valence-electron chi connectivity index (χ4n) is 4.25. The molecule has 2 fully saturated rings. The number of piperidine rings is 1. The summed E-state index contributed by atoms with van der Waals surface area (Å²) in [5.41, 5.74) is 2.88. The van der Waals surface area contributed by atoms with Gasteiger partial charge in [0.1, 0.15) is 25.0 Å². The summed E-state index contributed by atoms with van der Waals surface area (Å²) in [6.45, 7) is 5.51. The molecular weight excluding hydrogens is 434 g/mol. The van der Waals surface area contributed by atoms with Crippen molar-refractivity contribution in [1.29, 1.82) is 0 Å². The van der Waals surface area contributed by atoms with Crippen molar-refractivity contribution < 1.29 is 28.0 Å². The molecule has 8 heteroatoms. The molecular formula is C26H27N3O5. The van der Waals surface area contributed by atoms with Crippen LogP contribution in [0.25, 0.3) is 0 Å². The van der Waals surface area contributed by atoms with Crippen LogP contribution in [0.2, 0.25) is 1.41 Å². The first kappa shape index (κ1) is 18.7. The molecule has 0 spiro atoms. The minimum Gasteiger partial charge on any atom is -0.489 e. The first-order valence-electron chi connectivity index (χ1n) is 12.7. The Kier molecular flexibility index (Phi) is 5.13. The normalized spacial score (nSPS) is 26.3. The summed E-state index contributed by atoms with van der Waals surface area (Å²) in [5.74, 6) is -1.08. The van der Waals surface area contributed by atoms with E-state index in [-0.39, 0.29) is 37.8 Å². The molecule has 2 saturated heterocycles. The molecule has 3 amide bonds. The first-order valence-corrected chi connectivity index (χ1v) is 11.1. The Morgan fingerprint density at radius 1 is 1.21 bits per heavy atom. The molecule has 3 aliphatic rings. The van der Waals surface area contributed by atoms with Crippen molar-refractivity contribution >= 4 is 17.7 Å². The van der Waals surface area contributed by atoms with Gasteiger partial charge in [0.25, 0.3) is 5.91 Å². The standard InChI is InChI=1S/C26H27N3O5/c1-17-5-10-22(25(31)27-17)29-14-21-20(26(29)32)3-2-4-23(21)34-15-19-8-6-18(7-9-19)13-28-11-12-33-16-24(28)30/h2-4,6-9,22H,1,5,10-16H2,(H,27,31)/i10D,22D/hD. The van der Waals surface area contributed by atoms with Crippen molar-refractivity contribution in [2.75, 3.05) is 19.8 Å². The minimum atomic E-state index is -2.23. The number of nitrogens with zero attached hydrogens (tertiary/aromatic N) is 2. The summed E-state index contributed by atoms with van der Waals surface area (Å²) in [7, 11) is 0. The summed E-state index contributed by atoms with van der Waals surface area (Å²) >= 11 is 0. The van der Waals surface area contributed by atoms with E-state index >= 15 is 0 Å². The highest BCUT2D eigenvalue weighted by Gasteiger charge is 2.39. The molecule has 2 unspecified atom stereocenters. The van der Waals surface area contributed by atoms with Gasteiger partial charge in [-0.15, -0.1) is 0 Å². The van der Waals surface area contributed by atoms with Crippen LogP contribution < -0.4 is 10.0 Å². The Morgan fingerprint density at radius 3 is 2.79 bits per heavy atom. The van der Waals surface area contributed by atoms with Gasteiger partial charge in [-0.25, -0.2) is 0 Å². The SMILES string of the molecule is [2H]C1CC(=C)N([2H])C(=O)C1([2H])N1Cc2c(OCc3ccc(CN4CCOCC4=O)cc3)cccc2C1=O. The lowest BCUT2D eigenvalue weighted by Gasteiger charge is -2.31. The molecule has 2 aromatic rings. The van der Waals surface area contributed by atoms with Crippen molar-refractivity contribution in [2.24, 2.45) is 0 Å². The van der Waals surface area contributed by atoms with E-state index in [2.05, 4.69) is 6.58 Å². The number of hydrogen-bond donors (Lipinski definition) is 1. The molecule has 3 heterocycles. The number of allylic oxidation sites excluding steroid dienone is 1. The maximum Gasteiger partial charge on any atom is 0.255 e. The molecule has 0 aliphatic carbocycles. The number of carbonyl (C=O) groups excluding carboxylic acids is 3. The predicted octanol–water partition coefficient (Wildman–Crippen LogP) is 2.37. The van der Waals surface area contributed by atoms with E-state index in [9.17, 15) is 14.4 Å². The summed E-state index contributed by atoms with van der Waals surface area (Å²) in [6, 6.07) is 10.5. The van der Waals surface area contributed by atoms with Crippen molar-refractivity contribution in [3.63, 3.8) is 0 Å². The third-order valence-corrected chi connectivity index (χ3v) is 6.10. The second-order valence-electron chi connectivity index (χ2n) is 8.42. The molecule has 0 saturated carbocycles. The van der Waals surface area contributed by atoms with Gasteiger partial charge >= 0.3 is 0 Å². The fraction of sp³-hybridized carbons (Fsp3) is 0.346. The van der Waals surface area contributed by atoms with Crippen molar-refractivity contribution in [3.8, 4) is 5.75 Å². The number of carbonyl (C=O) groups is 3. The topological polar surface area (TPSA) is 88.2 Å². The van der Waals surface area contributed by atoms with E-state index in [0.29, 0.717) is 41.9 Å². The lowest BCUT2D eigenvalue weighted by atomic mass is 10.0. The summed E-state index contributed by atoms with van der Waals surface area (Å²) in [4.78, 5) is 40.8. The van der Waals surface area contributed by atoms with Crippen LogP contribution in [0.5, 0.6) is 5.75 Å². The summed E-state index contributed by atoms with van der Waals surface area (Å²) < 4.78 is 36.3. The Morgan fingerprint density at radius 2 is 2.00 bits per heavy atom. The molecule has 0 radical (unpaired) electrons. The van der Waals surface area contributed by atoms with E-state index < -0.39 is 24.2 Å². The van der Waals surface area contributed by atoms with Crippen molar-refractivity contribution in [3.05, 3.63) is 77.0 Å². The van der Waals surface area contributed by atoms with Crippen molar-refractivity contribution in [1.82, 2.24) is 15.1 Å². The molecule has 34 heavy (non-hydrogen) atoms. The number of ether oxygens (including phenoxy) is 2. The Balaban J connectivity index is 1.28. The minimum absolute atomic E-state index is 0.0262. The predicted molar refractivity (Wildman–Crippen MR) is 124 cm³/mol. The van der Waals surface area contributed by atoms with Gasteiger partial charge < -0.3 is 24.6 Å². The zero-order valence-corrected chi connectivity index (χ0v) is 18.7. The molecule has 2 atom stereocenters. The zero-order chi connectivity index (χ0) is 26.3. The lowest BCUT2D eigenvalue weighted by Crippen LogP contribution is -2.49. The number of benzene rings is 2. The second-order valence-corrected chi connectivity index (χ2v) is 8.42. The van der Waals surface area contributed by atoms with Crippen LogP contribution in [0, 0.1) is 0 Å². The number of hydrogen-bond acceptors (Lipinski definition) is 5. The maximum absolute atomic E-state index is 13.2. The molecule has 8 nitrogen and oxygen atoms in total. The van der Waals surface area contributed by atoms with Crippen LogP contribution in [-0.2, 0) is 34.0 Å². The first-order chi connectivity index (χ1) is 17.7. The average Bonchev–Trinajstić information content (AvgIpc) is 3.24. The maximum atomic E-state index is 13.2. The van der Waals surface area contributed by atoms with Crippen LogP contribution >= 0.6 is 0 Å². The van der Waals surface area contributed by atoms with Crippen LogP contribution in [0.3, 0.4) is 0 Å². The lowest BCUT2D eigenvalue weighted by molar-refractivity contribution is -0.143. The molecule has 3 aliphatic heterocycles. The molecule has 5 rings (SSSR count). The smallest absolute Gasteiger partial charge is 0.255 e. The fourth-order valence-corrected chi connectivity index (χ4v) is 4.25. The monoisotopic (exact) mass is 464 g/mol. The van der Waals surface area contributed by atoms with Gasteiger partial charge in [-0.3, -0.25) is 14.4 Å². The van der Waals surface area contributed by atoms with Gasteiger partial charge in [-0.05, 0) is 36.1 Å². The van der Waals surface area contributed by atoms with E-state index in [1.807, 2.05) is 24.3 Å². The zero-order valence-electron chi connectivity index (χ0n) is 21.7. The van der Waals surface area contributed by atoms with Gasteiger partial charge in [-0.1, -0.05) is 36.9 Å². The van der Waals surface area contributed by atoms with E-state index in [0.717, 1.165) is 16.0 Å². The van der Waals surface area contributed by atoms with E-state index in [4.69, 9.17) is 13.6 Å².